The monoisotopic (exact) mass is 363 g/mol. The van der Waals surface area contributed by atoms with Gasteiger partial charge in [-0.05, 0) is 45.0 Å². The molecule has 0 spiro atoms. The maximum atomic E-state index is 12.5. The topological polar surface area (TPSA) is 63.7 Å². The molecule has 0 aromatic heterocycles. The molecule has 1 aromatic carbocycles. The van der Waals surface area contributed by atoms with E-state index in [1.54, 1.807) is 32.9 Å². The second-order valence-electron chi connectivity index (χ2n) is 4.40. The van der Waals surface area contributed by atoms with Crippen LogP contribution in [0.25, 0.3) is 0 Å². The number of benzene rings is 1. The molecular weight excluding hydrogens is 346 g/mol. The summed E-state index contributed by atoms with van der Waals surface area (Å²) in [5, 5.41) is 0. The molecular formula is C13H18BrNO4S. The third-order valence-electron chi connectivity index (χ3n) is 2.59. The third kappa shape index (κ3) is 4.29. The molecule has 0 saturated heterocycles. The number of nitrogens with zero attached hydrogens (tertiary/aromatic N) is 1. The number of sulfonamides is 1. The minimum Gasteiger partial charge on any atom is -0.465 e. The molecule has 0 radical (unpaired) electrons. The predicted octanol–water partition coefficient (Wildman–Crippen LogP) is 2.41. The van der Waals surface area contributed by atoms with Gasteiger partial charge in [-0.3, -0.25) is 4.79 Å². The zero-order valence-electron chi connectivity index (χ0n) is 11.7. The van der Waals surface area contributed by atoms with Gasteiger partial charge in [0.2, 0.25) is 10.0 Å². The van der Waals surface area contributed by atoms with Crippen LogP contribution in [0.5, 0.6) is 0 Å². The average Bonchev–Trinajstić information content (AvgIpc) is 2.36. The Morgan fingerprint density at radius 2 is 1.85 bits per heavy atom. The fourth-order valence-corrected chi connectivity index (χ4v) is 3.47. The Hall–Kier alpha value is -0.920. The summed E-state index contributed by atoms with van der Waals surface area (Å²) in [6.07, 6.45) is 0. The van der Waals surface area contributed by atoms with Crippen LogP contribution in [-0.4, -0.2) is 37.9 Å². The van der Waals surface area contributed by atoms with E-state index in [4.69, 9.17) is 4.74 Å². The van der Waals surface area contributed by atoms with Gasteiger partial charge in [0.15, 0.2) is 0 Å². The predicted molar refractivity (Wildman–Crippen MR) is 79.8 cm³/mol. The molecule has 112 valence electrons. The normalized spacial score (nSPS) is 11.9. The van der Waals surface area contributed by atoms with Crippen LogP contribution in [0.2, 0.25) is 0 Å². The maximum Gasteiger partial charge on any atom is 0.321 e. The van der Waals surface area contributed by atoms with Crippen LogP contribution >= 0.6 is 15.9 Å². The molecule has 1 aromatic rings. The summed E-state index contributed by atoms with van der Waals surface area (Å²) < 4.78 is 31.8. The fourth-order valence-electron chi connectivity index (χ4n) is 1.62. The standard InChI is InChI=1S/C13H18BrNO4S/c1-4-19-13(16)9-15(10(2)3)20(17,18)12-7-5-11(14)6-8-12/h5-8,10H,4,9H2,1-3H3. The molecule has 0 bridgehead atoms. The molecule has 0 amide bonds. The highest BCUT2D eigenvalue weighted by molar-refractivity contribution is 9.10. The Morgan fingerprint density at radius 1 is 1.30 bits per heavy atom. The smallest absolute Gasteiger partial charge is 0.321 e. The summed E-state index contributed by atoms with van der Waals surface area (Å²) in [7, 11) is -3.72. The van der Waals surface area contributed by atoms with Crippen molar-refractivity contribution in [2.45, 2.75) is 31.7 Å². The number of hydrogen-bond donors (Lipinski definition) is 0. The largest absolute Gasteiger partial charge is 0.465 e. The van der Waals surface area contributed by atoms with Gasteiger partial charge in [-0.2, -0.15) is 4.31 Å². The molecule has 0 N–H and O–H groups in total. The lowest BCUT2D eigenvalue weighted by molar-refractivity contribution is -0.143. The van der Waals surface area contributed by atoms with Crippen LogP contribution in [0.3, 0.4) is 0 Å². The molecule has 0 unspecified atom stereocenters. The summed E-state index contributed by atoms with van der Waals surface area (Å²) >= 11 is 3.26. The average molecular weight is 364 g/mol. The molecule has 5 nitrogen and oxygen atoms in total. The van der Waals surface area contributed by atoms with Gasteiger partial charge in [0.05, 0.1) is 11.5 Å². The lowest BCUT2D eigenvalue weighted by Crippen LogP contribution is -2.41. The van der Waals surface area contributed by atoms with Crippen LogP contribution in [-0.2, 0) is 19.6 Å². The Bertz CT molecular complexity index is 554. The molecule has 0 saturated carbocycles. The van der Waals surface area contributed by atoms with Crippen LogP contribution in [0, 0.1) is 0 Å². The molecule has 0 aliphatic carbocycles. The van der Waals surface area contributed by atoms with Gasteiger partial charge >= 0.3 is 5.97 Å². The van der Waals surface area contributed by atoms with Crippen LogP contribution in [0.1, 0.15) is 20.8 Å². The zero-order valence-corrected chi connectivity index (χ0v) is 14.1. The van der Waals surface area contributed by atoms with Gasteiger partial charge in [-0.25, -0.2) is 8.42 Å². The molecule has 1 rings (SSSR count). The molecule has 0 atom stereocenters. The highest BCUT2D eigenvalue weighted by Gasteiger charge is 2.29. The molecule has 20 heavy (non-hydrogen) atoms. The van der Waals surface area contributed by atoms with Crippen molar-refractivity contribution in [3.8, 4) is 0 Å². The van der Waals surface area contributed by atoms with E-state index in [1.807, 2.05) is 0 Å². The van der Waals surface area contributed by atoms with Crippen molar-refractivity contribution < 1.29 is 17.9 Å². The second-order valence-corrected chi connectivity index (χ2v) is 7.21. The Morgan fingerprint density at radius 3 is 2.30 bits per heavy atom. The van der Waals surface area contributed by atoms with Gasteiger partial charge in [0, 0.05) is 10.5 Å². The Balaban J connectivity index is 3.06. The van der Waals surface area contributed by atoms with Gasteiger partial charge < -0.3 is 4.74 Å². The highest BCUT2D eigenvalue weighted by Crippen LogP contribution is 2.20. The molecule has 7 heteroatoms. The van der Waals surface area contributed by atoms with Gasteiger partial charge in [-0.1, -0.05) is 15.9 Å². The SMILES string of the molecule is CCOC(=O)CN(C(C)C)S(=O)(=O)c1ccc(Br)cc1. The summed E-state index contributed by atoms with van der Waals surface area (Å²) in [5.41, 5.74) is 0. The number of rotatable bonds is 6. The van der Waals surface area contributed by atoms with E-state index < -0.39 is 16.0 Å². The summed E-state index contributed by atoms with van der Waals surface area (Å²) in [6.45, 7) is 5.05. The zero-order chi connectivity index (χ0) is 15.3. The molecule has 0 aliphatic rings. The van der Waals surface area contributed by atoms with E-state index in [2.05, 4.69) is 15.9 Å². The number of carbonyl (C=O) groups is 1. The molecule has 0 heterocycles. The van der Waals surface area contributed by atoms with Crippen molar-refractivity contribution in [1.29, 1.82) is 0 Å². The van der Waals surface area contributed by atoms with Crippen LogP contribution in [0.4, 0.5) is 0 Å². The van der Waals surface area contributed by atoms with E-state index in [-0.39, 0.29) is 24.1 Å². The summed E-state index contributed by atoms with van der Waals surface area (Å²) in [6, 6.07) is 5.96. The lowest BCUT2D eigenvalue weighted by Gasteiger charge is -2.24. The van der Waals surface area contributed by atoms with Crippen molar-refractivity contribution >= 4 is 31.9 Å². The summed E-state index contributed by atoms with van der Waals surface area (Å²) in [4.78, 5) is 11.7. The minimum atomic E-state index is -3.72. The van der Waals surface area contributed by atoms with E-state index >= 15 is 0 Å². The number of ether oxygens (including phenoxy) is 1. The first-order valence-corrected chi connectivity index (χ1v) is 8.45. The van der Waals surface area contributed by atoms with Crippen LogP contribution < -0.4 is 0 Å². The molecule has 0 fully saturated rings. The first-order valence-electron chi connectivity index (χ1n) is 6.22. The lowest BCUT2D eigenvalue weighted by atomic mass is 10.4. The Kier molecular flexibility index (Phi) is 6.16. The van der Waals surface area contributed by atoms with Crippen molar-refractivity contribution in [1.82, 2.24) is 4.31 Å². The van der Waals surface area contributed by atoms with E-state index in [9.17, 15) is 13.2 Å². The molecule has 0 aliphatic heterocycles. The van der Waals surface area contributed by atoms with Crippen molar-refractivity contribution in [2.24, 2.45) is 0 Å². The quantitative estimate of drug-likeness (QED) is 0.728. The van der Waals surface area contributed by atoms with Crippen molar-refractivity contribution in [2.75, 3.05) is 13.2 Å². The van der Waals surface area contributed by atoms with Crippen molar-refractivity contribution in [3.05, 3.63) is 28.7 Å². The Labute approximate surface area is 128 Å². The van der Waals surface area contributed by atoms with Gasteiger partial charge in [0.1, 0.15) is 6.54 Å². The number of carbonyl (C=O) groups excluding carboxylic acids is 1. The highest BCUT2D eigenvalue weighted by atomic mass is 79.9. The fraction of sp³-hybridized carbons (Fsp3) is 0.462. The van der Waals surface area contributed by atoms with Crippen LogP contribution in [0.15, 0.2) is 33.6 Å². The van der Waals surface area contributed by atoms with Gasteiger partial charge in [-0.15, -0.1) is 0 Å². The summed E-state index contributed by atoms with van der Waals surface area (Å²) in [5.74, 6) is -0.554. The number of esters is 1. The second kappa shape index (κ2) is 7.19. The number of hydrogen-bond acceptors (Lipinski definition) is 4. The number of halogens is 1. The minimum absolute atomic E-state index is 0.152. The van der Waals surface area contributed by atoms with Crippen molar-refractivity contribution in [3.63, 3.8) is 0 Å². The van der Waals surface area contributed by atoms with E-state index in [0.717, 1.165) is 8.78 Å². The first-order chi connectivity index (χ1) is 9.28. The van der Waals surface area contributed by atoms with E-state index in [1.165, 1.54) is 12.1 Å². The van der Waals surface area contributed by atoms with Gasteiger partial charge in [0.25, 0.3) is 0 Å². The third-order valence-corrected chi connectivity index (χ3v) is 5.15. The first kappa shape index (κ1) is 17.1. The van der Waals surface area contributed by atoms with E-state index in [0.29, 0.717) is 0 Å². The maximum absolute atomic E-state index is 12.5.